The van der Waals surface area contributed by atoms with Crippen LogP contribution >= 0.6 is 0 Å². The van der Waals surface area contributed by atoms with Gasteiger partial charge in [0.15, 0.2) is 9.84 Å². The first-order chi connectivity index (χ1) is 5.14. The highest BCUT2D eigenvalue weighted by Gasteiger charge is 2.26. The predicted molar refractivity (Wildman–Crippen MR) is 45.4 cm³/mol. The van der Waals surface area contributed by atoms with Gasteiger partial charge in [-0.1, -0.05) is 6.92 Å². The molecular weight excluding hydrogens is 198 g/mol. The van der Waals surface area contributed by atoms with E-state index >= 15 is 0 Å². The van der Waals surface area contributed by atoms with Gasteiger partial charge in [-0.3, -0.25) is 0 Å². The summed E-state index contributed by atoms with van der Waals surface area (Å²) in [6.07, 6.45) is 1.86. The molecule has 0 radical (unpaired) electrons. The van der Waals surface area contributed by atoms with Crippen molar-refractivity contribution in [3.63, 3.8) is 0 Å². The van der Waals surface area contributed by atoms with E-state index in [-0.39, 0.29) is 18.4 Å². The van der Waals surface area contributed by atoms with Gasteiger partial charge >= 0.3 is 0 Å². The topological polar surface area (TPSA) is 46.2 Å². The van der Waals surface area contributed by atoms with E-state index in [4.69, 9.17) is 0 Å². The van der Waals surface area contributed by atoms with Crippen molar-refractivity contribution in [2.45, 2.75) is 25.8 Å². The quantitative estimate of drug-likeness (QED) is 0.549. The fraction of sp³-hybridized carbons (Fsp3) is 1.00. The molecule has 1 saturated heterocycles. The second kappa shape index (κ2) is 5.04. The minimum absolute atomic E-state index is 0. The van der Waals surface area contributed by atoms with E-state index in [0.29, 0.717) is 11.5 Å². The van der Waals surface area contributed by atoms with Crippen LogP contribution in [0.4, 0.5) is 0 Å². The lowest BCUT2D eigenvalue weighted by Gasteiger charge is -2.07. The fourth-order valence-electron chi connectivity index (χ4n) is 1.30. The van der Waals surface area contributed by atoms with Crippen molar-refractivity contribution in [3.05, 3.63) is 0 Å². The Morgan fingerprint density at radius 3 is 2.58 bits per heavy atom. The van der Waals surface area contributed by atoms with E-state index in [2.05, 4.69) is 12.2 Å². The monoisotopic (exact) mass is 212 g/mol. The van der Waals surface area contributed by atoms with Crippen molar-refractivity contribution in [2.24, 2.45) is 0 Å². The van der Waals surface area contributed by atoms with E-state index in [1.165, 1.54) is 0 Å². The maximum absolute atomic E-state index is 11.0. The molecule has 1 aliphatic heterocycles. The highest BCUT2D eigenvalue weighted by molar-refractivity contribution is 7.91. The molecule has 0 aromatic rings. The van der Waals surface area contributed by atoms with Crippen LogP contribution in [0, 0.1) is 0 Å². The van der Waals surface area contributed by atoms with Crippen LogP contribution in [0.5, 0.6) is 0 Å². The molecular formula is C7H15ClNO2S-. The smallest absolute Gasteiger partial charge is 0.151 e. The minimum Gasteiger partial charge on any atom is -1.00 e. The molecule has 1 N–H and O–H groups in total. The third-order valence-corrected chi connectivity index (χ3v) is 3.68. The Morgan fingerprint density at radius 2 is 2.17 bits per heavy atom. The molecule has 74 valence electrons. The highest BCUT2D eigenvalue weighted by atomic mass is 35.5. The second-order valence-electron chi connectivity index (χ2n) is 3.05. The molecule has 0 bridgehead atoms. The van der Waals surface area contributed by atoms with E-state index < -0.39 is 9.84 Å². The van der Waals surface area contributed by atoms with Crippen molar-refractivity contribution in [2.75, 3.05) is 18.1 Å². The molecule has 12 heavy (non-hydrogen) atoms. The van der Waals surface area contributed by atoms with E-state index in [1.54, 1.807) is 0 Å². The zero-order valence-corrected chi connectivity index (χ0v) is 8.79. The maximum Gasteiger partial charge on any atom is 0.151 e. The Labute approximate surface area is 80.3 Å². The molecule has 0 aromatic carbocycles. The molecule has 1 fully saturated rings. The van der Waals surface area contributed by atoms with Gasteiger partial charge in [0.05, 0.1) is 11.5 Å². The first-order valence-electron chi connectivity index (χ1n) is 4.08. The lowest BCUT2D eigenvalue weighted by molar-refractivity contribution is -0.00000493. The van der Waals surface area contributed by atoms with Crippen LogP contribution in [0.2, 0.25) is 0 Å². The Kier molecular flexibility index (Phi) is 5.13. The average molecular weight is 213 g/mol. The number of hydrogen-bond acceptors (Lipinski definition) is 3. The molecule has 0 aromatic heterocycles. The van der Waals surface area contributed by atoms with Crippen LogP contribution in [0.15, 0.2) is 0 Å². The minimum atomic E-state index is -2.69. The van der Waals surface area contributed by atoms with Crippen LogP contribution in [-0.4, -0.2) is 32.5 Å². The third kappa shape index (κ3) is 3.74. The maximum atomic E-state index is 11.0. The Bertz CT molecular complexity index is 215. The SMILES string of the molecule is CCCNC1CCS(=O)(=O)C1.[Cl-]. The average Bonchev–Trinajstić information content (AvgIpc) is 2.26. The summed E-state index contributed by atoms with van der Waals surface area (Å²) in [6, 6.07) is 0.222. The van der Waals surface area contributed by atoms with Crippen molar-refractivity contribution >= 4 is 9.84 Å². The van der Waals surface area contributed by atoms with Gasteiger partial charge in [0.2, 0.25) is 0 Å². The van der Waals surface area contributed by atoms with Crippen LogP contribution in [0.3, 0.4) is 0 Å². The van der Waals surface area contributed by atoms with Gasteiger partial charge in [0, 0.05) is 6.04 Å². The first kappa shape index (κ1) is 12.2. The van der Waals surface area contributed by atoms with Crippen molar-refractivity contribution in [3.8, 4) is 0 Å². The lowest BCUT2D eigenvalue weighted by atomic mass is 10.2. The molecule has 0 spiro atoms. The summed E-state index contributed by atoms with van der Waals surface area (Å²) in [7, 11) is -2.69. The Hall–Kier alpha value is 0.200. The number of rotatable bonds is 3. The molecule has 5 heteroatoms. The summed E-state index contributed by atoms with van der Waals surface area (Å²) >= 11 is 0. The van der Waals surface area contributed by atoms with Crippen LogP contribution in [0.1, 0.15) is 19.8 Å². The van der Waals surface area contributed by atoms with Crippen molar-refractivity contribution in [1.82, 2.24) is 5.32 Å². The molecule has 1 heterocycles. The summed E-state index contributed by atoms with van der Waals surface area (Å²) in [5.74, 6) is 0.710. The van der Waals surface area contributed by atoms with Crippen LogP contribution in [-0.2, 0) is 9.84 Å². The van der Waals surface area contributed by atoms with E-state index in [1.807, 2.05) is 0 Å². The summed E-state index contributed by atoms with van der Waals surface area (Å²) in [4.78, 5) is 0. The summed E-state index contributed by atoms with van der Waals surface area (Å²) in [6.45, 7) is 3.01. The van der Waals surface area contributed by atoms with Gasteiger partial charge in [-0.05, 0) is 19.4 Å². The molecule has 1 rings (SSSR count). The van der Waals surface area contributed by atoms with E-state index in [9.17, 15) is 8.42 Å². The predicted octanol–water partition coefficient (Wildman–Crippen LogP) is -2.82. The van der Waals surface area contributed by atoms with Gasteiger partial charge in [-0.2, -0.15) is 0 Å². The van der Waals surface area contributed by atoms with Gasteiger partial charge in [-0.25, -0.2) is 8.42 Å². The van der Waals surface area contributed by atoms with E-state index in [0.717, 1.165) is 19.4 Å². The Morgan fingerprint density at radius 1 is 1.50 bits per heavy atom. The standard InChI is InChI=1S/C7H15NO2S.ClH/c1-2-4-8-7-3-5-11(9,10)6-7;/h7-8H,2-6H2,1H3;1H/p-1. The number of hydrogen-bond donors (Lipinski definition) is 1. The molecule has 1 aliphatic rings. The fourth-order valence-corrected chi connectivity index (χ4v) is 3.01. The molecule has 3 nitrogen and oxygen atoms in total. The number of sulfone groups is 1. The number of nitrogens with one attached hydrogen (secondary N) is 1. The summed E-state index contributed by atoms with van der Waals surface area (Å²) in [5, 5.41) is 3.21. The van der Waals surface area contributed by atoms with Crippen LogP contribution in [0.25, 0.3) is 0 Å². The normalized spacial score (nSPS) is 26.6. The Balaban J connectivity index is 0.00000121. The zero-order chi connectivity index (χ0) is 8.32. The lowest BCUT2D eigenvalue weighted by Crippen LogP contribution is -3.00. The van der Waals surface area contributed by atoms with Crippen molar-refractivity contribution in [1.29, 1.82) is 0 Å². The van der Waals surface area contributed by atoms with Gasteiger partial charge in [-0.15, -0.1) is 0 Å². The number of halogens is 1. The van der Waals surface area contributed by atoms with Gasteiger partial charge in [0.1, 0.15) is 0 Å². The van der Waals surface area contributed by atoms with Gasteiger partial charge < -0.3 is 17.7 Å². The molecule has 0 amide bonds. The van der Waals surface area contributed by atoms with Gasteiger partial charge in [0.25, 0.3) is 0 Å². The highest BCUT2D eigenvalue weighted by Crippen LogP contribution is 2.10. The molecule has 0 aliphatic carbocycles. The van der Waals surface area contributed by atoms with Crippen LogP contribution < -0.4 is 17.7 Å². The molecule has 0 saturated carbocycles. The second-order valence-corrected chi connectivity index (χ2v) is 5.28. The first-order valence-corrected chi connectivity index (χ1v) is 5.90. The zero-order valence-electron chi connectivity index (χ0n) is 7.22. The third-order valence-electron chi connectivity index (χ3n) is 1.92. The largest absolute Gasteiger partial charge is 1.00 e. The summed E-state index contributed by atoms with van der Waals surface area (Å²) in [5.41, 5.74) is 0. The molecule has 1 atom stereocenters. The van der Waals surface area contributed by atoms with Crippen molar-refractivity contribution < 1.29 is 20.8 Å². The molecule has 1 unspecified atom stereocenters. The summed E-state index contributed by atoms with van der Waals surface area (Å²) < 4.78 is 21.9.